The predicted molar refractivity (Wildman–Crippen MR) is 49.9 cm³/mol. The van der Waals surface area contributed by atoms with Crippen LogP contribution in [0.15, 0.2) is 22.7 Å². The largest absolute Gasteiger partial charge is 0.489 e. The third-order valence-electron chi connectivity index (χ3n) is 1.37. The molecule has 1 aromatic rings. The minimum absolute atomic E-state index is 0.305. The molecule has 0 N–H and O–H groups in total. The van der Waals surface area contributed by atoms with Gasteiger partial charge in [-0.2, -0.15) is 0 Å². The molecule has 66 valence electrons. The number of rotatable bonds is 3. The lowest BCUT2D eigenvalue weighted by molar-refractivity contribution is 0.299. The number of para-hydroxylation sites is 1. The quantitative estimate of drug-likeness (QED) is 0.777. The van der Waals surface area contributed by atoms with E-state index in [1.54, 1.807) is 12.1 Å². The van der Waals surface area contributed by atoms with Crippen LogP contribution in [0.4, 0.5) is 4.39 Å². The number of halogens is 2. The van der Waals surface area contributed by atoms with E-state index in [9.17, 15) is 4.39 Å². The van der Waals surface area contributed by atoms with Gasteiger partial charge < -0.3 is 4.74 Å². The first-order valence-electron chi connectivity index (χ1n) is 3.82. The van der Waals surface area contributed by atoms with E-state index in [0.717, 1.165) is 6.42 Å². The highest BCUT2D eigenvalue weighted by Gasteiger charge is 2.05. The van der Waals surface area contributed by atoms with Gasteiger partial charge in [0.2, 0.25) is 0 Å². The van der Waals surface area contributed by atoms with Gasteiger partial charge in [-0.25, -0.2) is 4.39 Å². The maximum atomic E-state index is 13.0. The first-order chi connectivity index (χ1) is 5.75. The van der Waals surface area contributed by atoms with Gasteiger partial charge in [-0.1, -0.05) is 13.0 Å². The van der Waals surface area contributed by atoms with Crippen molar-refractivity contribution in [3.8, 4) is 5.75 Å². The highest BCUT2D eigenvalue weighted by molar-refractivity contribution is 9.10. The molecule has 0 radical (unpaired) electrons. The van der Waals surface area contributed by atoms with E-state index in [-0.39, 0.29) is 5.82 Å². The molecule has 0 bridgehead atoms. The molecule has 0 spiro atoms. The van der Waals surface area contributed by atoms with Gasteiger partial charge in [-0.15, -0.1) is 0 Å². The molecule has 0 saturated heterocycles. The van der Waals surface area contributed by atoms with Crippen LogP contribution in [0.2, 0.25) is 0 Å². The molecule has 0 heterocycles. The van der Waals surface area contributed by atoms with Gasteiger partial charge in [0.05, 0.1) is 11.1 Å². The Morgan fingerprint density at radius 3 is 2.83 bits per heavy atom. The van der Waals surface area contributed by atoms with Gasteiger partial charge in [0.15, 0.2) is 11.6 Å². The summed E-state index contributed by atoms with van der Waals surface area (Å²) in [7, 11) is 0. The molecule has 1 rings (SSSR count). The lowest BCUT2D eigenvalue weighted by Gasteiger charge is -2.06. The lowest BCUT2D eigenvalue weighted by atomic mass is 10.3. The molecular formula is C9H10BrFO. The summed E-state index contributed by atoms with van der Waals surface area (Å²) in [5.74, 6) is -0.0165. The molecule has 0 aromatic heterocycles. The van der Waals surface area contributed by atoms with E-state index < -0.39 is 0 Å². The Morgan fingerprint density at radius 2 is 2.25 bits per heavy atom. The van der Waals surface area contributed by atoms with Crippen LogP contribution < -0.4 is 4.74 Å². The summed E-state index contributed by atoms with van der Waals surface area (Å²) in [6.07, 6.45) is 0.876. The molecule has 0 atom stereocenters. The Hall–Kier alpha value is -0.570. The van der Waals surface area contributed by atoms with Crippen LogP contribution in [0.5, 0.6) is 5.75 Å². The average molecular weight is 233 g/mol. The van der Waals surface area contributed by atoms with Gasteiger partial charge in [0.1, 0.15) is 0 Å². The molecule has 1 nitrogen and oxygen atoms in total. The van der Waals surface area contributed by atoms with Crippen molar-refractivity contribution < 1.29 is 9.13 Å². The summed E-state index contributed by atoms with van der Waals surface area (Å²) in [6, 6.07) is 4.78. The minimum Gasteiger partial charge on any atom is -0.489 e. The molecule has 0 saturated carbocycles. The number of benzene rings is 1. The Bertz CT molecular complexity index is 242. The van der Waals surface area contributed by atoms with Crippen LogP contribution in [-0.2, 0) is 0 Å². The van der Waals surface area contributed by atoms with Crippen LogP contribution in [0.1, 0.15) is 13.3 Å². The molecule has 0 aliphatic carbocycles. The van der Waals surface area contributed by atoms with E-state index in [4.69, 9.17) is 4.74 Å². The summed E-state index contributed by atoms with van der Waals surface area (Å²) in [6.45, 7) is 2.52. The SMILES string of the molecule is CCCOc1c(F)cccc1Br. The van der Waals surface area contributed by atoms with Crippen molar-refractivity contribution >= 4 is 15.9 Å². The second-order valence-corrected chi connectivity index (χ2v) is 3.25. The van der Waals surface area contributed by atoms with Crippen LogP contribution in [0.25, 0.3) is 0 Å². The second-order valence-electron chi connectivity index (χ2n) is 2.40. The van der Waals surface area contributed by atoms with Crippen LogP contribution >= 0.6 is 15.9 Å². The highest BCUT2D eigenvalue weighted by atomic mass is 79.9. The minimum atomic E-state index is -0.321. The molecule has 1 aromatic carbocycles. The van der Waals surface area contributed by atoms with Crippen molar-refractivity contribution in [1.29, 1.82) is 0 Å². The van der Waals surface area contributed by atoms with Gasteiger partial charge in [-0.3, -0.25) is 0 Å². The third-order valence-corrected chi connectivity index (χ3v) is 1.99. The molecule has 0 amide bonds. The van der Waals surface area contributed by atoms with Crippen LogP contribution in [0.3, 0.4) is 0 Å². The molecule has 0 aliphatic rings. The van der Waals surface area contributed by atoms with E-state index in [0.29, 0.717) is 16.8 Å². The van der Waals surface area contributed by atoms with Crippen molar-refractivity contribution in [3.63, 3.8) is 0 Å². The Kier molecular flexibility index (Phi) is 3.53. The normalized spacial score (nSPS) is 9.92. The Morgan fingerprint density at radius 1 is 1.50 bits per heavy atom. The number of hydrogen-bond donors (Lipinski definition) is 0. The molecule has 0 aliphatic heterocycles. The van der Waals surface area contributed by atoms with Gasteiger partial charge in [-0.05, 0) is 34.5 Å². The monoisotopic (exact) mass is 232 g/mol. The van der Waals surface area contributed by atoms with Gasteiger partial charge >= 0.3 is 0 Å². The zero-order valence-electron chi connectivity index (χ0n) is 6.81. The Balaban J connectivity index is 2.81. The topological polar surface area (TPSA) is 9.23 Å². The van der Waals surface area contributed by atoms with E-state index in [2.05, 4.69) is 15.9 Å². The van der Waals surface area contributed by atoms with Gasteiger partial charge in [0, 0.05) is 0 Å². The van der Waals surface area contributed by atoms with Gasteiger partial charge in [0.25, 0.3) is 0 Å². The molecular weight excluding hydrogens is 223 g/mol. The number of ether oxygens (including phenoxy) is 1. The predicted octanol–water partition coefficient (Wildman–Crippen LogP) is 3.38. The fraction of sp³-hybridized carbons (Fsp3) is 0.333. The highest BCUT2D eigenvalue weighted by Crippen LogP contribution is 2.27. The standard InChI is InChI=1S/C9H10BrFO/c1-2-6-12-9-7(10)4-3-5-8(9)11/h3-5H,2,6H2,1H3. The van der Waals surface area contributed by atoms with E-state index >= 15 is 0 Å². The van der Waals surface area contributed by atoms with Crippen molar-refractivity contribution in [3.05, 3.63) is 28.5 Å². The first kappa shape index (κ1) is 9.52. The molecule has 0 fully saturated rings. The van der Waals surface area contributed by atoms with Crippen LogP contribution in [-0.4, -0.2) is 6.61 Å². The Labute approximate surface area is 79.7 Å². The fourth-order valence-electron chi connectivity index (χ4n) is 0.825. The summed E-state index contributed by atoms with van der Waals surface area (Å²) < 4.78 is 18.9. The summed E-state index contributed by atoms with van der Waals surface area (Å²) in [4.78, 5) is 0. The number of hydrogen-bond acceptors (Lipinski definition) is 1. The van der Waals surface area contributed by atoms with Crippen molar-refractivity contribution in [2.45, 2.75) is 13.3 Å². The van der Waals surface area contributed by atoms with Crippen molar-refractivity contribution in [2.24, 2.45) is 0 Å². The maximum absolute atomic E-state index is 13.0. The summed E-state index contributed by atoms with van der Waals surface area (Å²) >= 11 is 3.21. The summed E-state index contributed by atoms with van der Waals surface area (Å²) in [5.41, 5.74) is 0. The average Bonchev–Trinajstić information content (AvgIpc) is 2.04. The lowest BCUT2D eigenvalue weighted by Crippen LogP contribution is -1.97. The van der Waals surface area contributed by atoms with E-state index in [1.807, 2.05) is 6.92 Å². The van der Waals surface area contributed by atoms with Crippen LogP contribution in [0, 0.1) is 5.82 Å². The zero-order chi connectivity index (χ0) is 8.97. The van der Waals surface area contributed by atoms with Crippen molar-refractivity contribution in [1.82, 2.24) is 0 Å². The fourth-order valence-corrected chi connectivity index (χ4v) is 1.28. The zero-order valence-corrected chi connectivity index (χ0v) is 8.40. The smallest absolute Gasteiger partial charge is 0.169 e. The van der Waals surface area contributed by atoms with E-state index in [1.165, 1.54) is 6.07 Å². The molecule has 12 heavy (non-hydrogen) atoms. The molecule has 3 heteroatoms. The first-order valence-corrected chi connectivity index (χ1v) is 4.61. The third kappa shape index (κ3) is 2.21. The maximum Gasteiger partial charge on any atom is 0.169 e. The van der Waals surface area contributed by atoms with Crippen molar-refractivity contribution in [2.75, 3.05) is 6.61 Å². The molecule has 0 unspecified atom stereocenters. The summed E-state index contributed by atoms with van der Waals surface area (Å²) in [5, 5.41) is 0. The second kappa shape index (κ2) is 4.45.